The maximum Gasteiger partial charge on any atom is 0.128 e. The first-order chi connectivity index (χ1) is 9.93. The van der Waals surface area contributed by atoms with E-state index < -0.39 is 17.7 Å². The Bertz CT molecular complexity index is 641. The lowest BCUT2D eigenvalue weighted by Crippen LogP contribution is -2.31. The number of hydrogen-bond acceptors (Lipinski definition) is 2. The van der Waals surface area contributed by atoms with Gasteiger partial charge in [0.25, 0.3) is 0 Å². The average molecular weight is 290 g/mol. The van der Waals surface area contributed by atoms with Gasteiger partial charge in [-0.3, -0.25) is 0 Å². The summed E-state index contributed by atoms with van der Waals surface area (Å²) in [7, 11) is 1.85. The van der Waals surface area contributed by atoms with Gasteiger partial charge in [0.05, 0.1) is 6.04 Å². The van der Waals surface area contributed by atoms with Crippen LogP contribution in [0.5, 0.6) is 0 Å². The molecule has 0 aliphatic heterocycles. The molecule has 0 aliphatic carbocycles. The van der Waals surface area contributed by atoms with Crippen molar-refractivity contribution in [1.29, 1.82) is 0 Å². The summed E-state index contributed by atoms with van der Waals surface area (Å²) in [4.78, 5) is 1.90. The maximum absolute atomic E-state index is 14.0. The number of hydrogen-bond donors (Lipinski definition) is 1. The van der Waals surface area contributed by atoms with Crippen LogP contribution in [0, 0.1) is 25.5 Å². The second kappa shape index (κ2) is 6.22. The molecule has 2 rings (SSSR count). The number of nitrogens with two attached hydrogens (primary N) is 1. The van der Waals surface area contributed by atoms with Crippen LogP contribution in [0.3, 0.4) is 0 Å². The van der Waals surface area contributed by atoms with Crippen LogP contribution in [0.25, 0.3) is 0 Å². The summed E-state index contributed by atoms with van der Waals surface area (Å²) >= 11 is 0. The zero-order chi connectivity index (χ0) is 15.6. The Labute approximate surface area is 124 Å². The molecule has 0 saturated carbocycles. The Balaban J connectivity index is 2.43. The molecular weight excluding hydrogens is 270 g/mol. The summed E-state index contributed by atoms with van der Waals surface area (Å²) in [5.74, 6) is -0.901. The van der Waals surface area contributed by atoms with Gasteiger partial charge in [-0.15, -0.1) is 0 Å². The van der Waals surface area contributed by atoms with Crippen LogP contribution in [0.2, 0.25) is 0 Å². The van der Waals surface area contributed by atoms with Crippen LogP contribution < -0.4 is 10.6 Å². The van der Waals surface area contributed by atoms with Gasteiger partial charge in [-0.25, -0.2) is 8.78 Å². The third-order valence-corrected chi connectivity index (χ3v) is 3.74. The molecule has 2 N–H and O–H groups in total. The first-order valence-electron chi connectivity index (χ1n) is 6.89. The predicted molar refractivity (Wildman–Crippen MR) is 82.5 cm³/mol. The number of aryl methyl sites for hydroxylation is 2. The summed E-state index contributed by atoms with van der Waals surface area (Å²) in [5.41, 5.74) is 9.28. The molecule has 0 heterocycles. The molecule has 0 aliphatic rings. The standard InChI is InChI=1S/C17H20F2N2/c1-11-4-7-16(12(2)8-11)21(3)17(10-20)14-9-13(18)5-6-15(14)19/h4-9,17H,10,20H2,1-3H3. The topological polar surface area (TPSA) is 29.3 Å². The molecule has 0 saturated heterocycles. The summed E-state index contributed by atoms with van der Waals surface area (Å²) < 4.78 is 27.4. The van der Waals surface area contributed by atoms with E-state index in [0.29, 0.717) is 0 Å². The van der Waals surface area contributed by atoms with Gasteiger partial charge in [-0.05, 0) is 43.7 Å². The van der Waals surface area contributed by atoms with Gasteiger partial charge < -0.3 is 10.6 Å². The molecule has 21 heavy (non-hydrogen) atoms. The third-order valence-electron chi connectivity index (χ3n) is 3.74. The molecule has 112 valence electrons. The van der Waals surface area contributed by atoms with Crippen molar-refractivity contribution in [2.24, 2.45) is 5.73 Å². The minimum absolute atomic E-state index is 0.199. The van der Waals surface area contributed by atoms with E-state index in [1.54, 1.807) is 0 Å². The highest BCUT2D eigenvalue weighted by atomic mass is 19.1. The van der Waals surface area contributed by atoms with Gasteiger partial charge in [0, 0.05) is 24.8 Å². The molecule has 1 atom stereocenters. The number of anilines is 1. The molecule has 0 aromatic heterocycles. The highest BCUT2D eigenvalue weighted by Gasteiger charge is 2.21. The normalized spacial score (nSPS) is 12.3. The van der Waals surface area contributed by atoms with Gasteiger partial charge in [0.1, 0.15) is 11.6 Å². The van der Waals surface area contributed by atoms with E-state index in [4.69, 9.17) is 5.73 Å². The molecule has 2 nitrogen and oxygen atoms in total. The van der Waals surface area contributed by atoms with E-state index in [0.717, 1.165) is 28.9 Å². The molecule has 1 unspecified atom stereocenters. The summed E-state index contributed by atoms with van der Waals surface area (Å²) in [6, 6.07) is 9.09. The second-order valence-corrected chi connectivity index (χ2v) is 5.32. The minimum Gasteiger partial charge on any atom is -0.366 e. The lowest BCUT2D eigenvalue weighted by Gasteiger charge is -2.31. The van der Waals surface area contributed by atoms with E-state index in [-0.39, 0.29) is 12.1 Å². The Hall–Kier alpha value is -1.94. The van der Waals surface area contributed by atoms with Crippen LogP contribution in [-0.2, 0) is 0 Å². The fraction of sp³-hybridized carbons (Fsp3) is 0.294. The predicted octanol–water partition coefficient (Wildman–Crippen LogP) is 3.72. The first-order valence-corrected chi connectivity index (χ1v) is 6.89. The van der Waals surface area contributed by atoms with Crippen molar-refractivity contribution in [3.63, 3.8) is 0 Å². The summed E-state index contributed by atoms with van der Waals surface area (Å²) in [5, 5.41) is 0. The molecule has 2 aromatic rings. The molecule has 0 spiro atoms. The zero-order valence-corrected chi connectivity index (χ0v) is 12.5. The molecular formula is C17H20F2N2. The van der Waals surface area contributed by atoms with E-state index in [1.807, 2.05) is 37.9 Å². The lowest BCUT2D eigenvalue weighted by molar-refractivity contribution is 0.555. The van der Waals surface area contributed by atoms with Crippen LogP contribution in [0.15, 0.2) is 36.4 Å². The Kier molecular flexibility index (Phi) is 4.58. The summed E-state index contributed by atoms with van der Waals surface area (Å²) in [6.45, 7) is 4.21. The van der Waals surface area contributed by atoms with Gasteiger partial charge in [0.2, 0.25) is 0 Å². The zero-order valence-electron chi connectivity index (χ0n) is 12.5. The second-order valence-electron chi connectivity index (χ2n) is 5.32. The minimum atomic E-state index is -0.459. The molecule has 0 radical (unpaired) electrons. The average Bonchev–Trinajstić information content (AvgIpc) is 2.43. The van der Waals surface area contributed by atoms with Gasteiger partial charge in [-0.1, -0.05) is 17.7 Å². The van der Waals surface area contributed by atoms with Crippen molar-refractivity contribution in [2.45, 2.75) is 19.9 Å². The molecule has 4 heteroatoms. The number of benzene rings is 2. The Morgan fingerprint density at radius 2 is 1.81 bits per heavy atom. The van der Waals surface area contributed by atoms with Crippen molar-refractivity contribution in [3.05, 3.63) is 64.7 Å². The van der Waals surface area contributed by atoms with Crippen molar-refractivity contribution < 1.29 is 8.78 Å². The molecule has 0 bridgehead atoms. The number of nitrogens with zero attached hydrogens (tertiary/aromatic N) is 1. The monoisotopic (exact) mass is 290 g/mol. The molecule has 2 aromatic carbocycles. The lowest BCUT2D eigenvalue weighted by atomic mass is 10.0. The SMILES string of the molecule is Cc1ccc(N(C)C(CN)c2cc(F)ccc2F)c(C)c1. The van der Waals surface area contributed by atoms with Crippen LogP contribution >= 0.6 is 0 Å². The fourth-order valence-electron chi connectivity index (χ4n) is 2.63. The van der Waals surface area contributed by atoms with Gasteiger partial charge in [0.15, 0.2) is 0 Å². The number of rotatable bonds is 4. The first kappa shape index (κ1) is 15.4. The van der Waals surface area contributed by atoms with Gasteiger partial charge in [-0.2, -0.15) is 0 Å². The van der Waals surface area contributed by atoms with Crippen LogP contribution in [-0.4, -0.2) is 13.6 Å². The van der Waals surface area contributed by atoms with Crippen LogP contribution in [0.4, 0.5) is 14.5 Å². The van der Waals surface area contributed by atoms with E-state index in [9.17, 15) is 8.78 Å². The van der Waals surface area contributed by atoms with Crippen molar-refractivity contribution in [2.75, 3.05) is 18.5 Å². The Morgan fingerprint density at radius 3 is 2.43 bits per heavy atom. The van der Waals surface area contributed by atoms with Crippen molar-refractivity contribution >= 4 is 5.69 Å². The third kappa shape index (κ3) is 3.22. The summed E-state index contributed by atoms with van der Waals surface area (Å²) in [6.07, 6.45) is 0. The van der Waals surface area contributed by atoms with Gasteiger partial charge >= 0.3 is 0 Å². The fourth-order valence-corrected chi connectivity index (χ4v) is 2.63. The van der Waals surface area contributed by atoms with Crippen molar-refractivity contribution in [3.8, 4) is 0 Å². The van der Waals surface area contributed by atoms with E-state index in [2.05, 4.69) is 6.07 Å². The smallest absolute Gasteiger partial charge is 0.128 e. The highest BCUT2D eigenvalue weighted by Crippen LogP contribution is 2.29. The quantitative estimate of drug-likeness (QED) is 0.930. The molecule has 0 amide bonds. The highest BCUT2D eigenvalue weighted by molar-refractivity contribution is 5.55. The van der Waals surface area contributed by atoms with Crippen LogP contribution in [0.1, 0.15) is 22.7 Å². The van der Waals surface area contributed by atoms with Crippen molar-refractivity contribution in [1.82, 2.24) is 0 Å². The molecule has 0 fully saturated rings. The maximum atomic E-state index is 14.0. The number of likely N-dealkylation sites (N-methyl/N-ethyl adjacent to an activating group) is 1. The largest absolute Gasteiger partial charge is 0.366 e. The van der Waals surface area contributed by atoms with E-state index in [1.165, 1.54) is 6.07 Å². The number of halogens is 2. The Morgan fingerprint density at radius 1 is 1.10 bits per heavy atom. The van der Waals surface area contributed by atoms with E-state index >= 15 is 0 Å².